The van der Waals surface area contributed by atoms with Gasteiger partial charge in [0.25, 0.3) is 5.91 Å². The molecule has 8 heteroatoms. The summed E-state index contributed by atoms with van der Waals surface area (Å²) in [6, 6.07) is 21.2. The highest BCUT2D eigenvalue weighted by atomic mass is 79.9. The third kappa shape index (κ3) is 2.42. The largest absolute Gasteiger partial charge is 0.468 e. The number of ether oxygens (including phenoxy) is 1. The Balaban J connectivity index is 1.75. The van der Waals surface area contributed by atoms with Crippen LogP contribution in [0.5, 0.6) is 0 Å². The lowest BCUT2D eigenvalue weighted by Gasteiger charge is -2.40. The molecule has 0 aliphatic carbocycles. The van der Waals surface area contributed by atoms with Crippen LogP contribution in [0.15, 0.2) is 77.3 Å². The first-order valence-electron chi connectivity index (χ1n) is 10.9. The summed E-state index contributed by atoms with van der Waals surface area (Å²) in [5.74, 6) is -1.99. The number of hydrogen-bond donors (Lipinski definition) is 3. The topological polar surface area (TPSA) is 96.5 Å². The summed E-state index contributed by atoms with van der Waals surface area (Å²) in [5, 5.41) is 9.28. The number of rotatable bonds is 2. The number of methoxy groups -OCH3 is 1. The molecule has 3 aliphatic rings. The van der Waals surface area contributed by atoms with Crippen molar-refractivity contribution in [1.82, 2.24) is 5.32 Å². The molecule has 6 rings (SSSR count). The fourth-order valence-electron chi connectivity index (χ4n) is 6.10. The van der Waals surface area contributed by atoms with E-state index < -0.39 is 28.9 Å². The summed E-state index contributed by atoms with van der Waals surface area (Å²) in [4.78, 5) is 41.4. The van der Waals surface area contributed by atoms with Crippen molar-refractivity contribution in [3.63, 3.8) is 0 Å². The van der Waals surface area contributed by atoms with Crippen molar-refractivity contribution in [2.75, 3.05) is 17.7 Å². The number of nitrogens with one attached hydrogen (secondary N) is 3. The molecule has 1 fully saturated rings. The second-order valence-electron chi connectivity index (χ2n) is 8.73. The van der Waals surface area contributed by atoms with Gasteiger partial charge in [-0.1, -0.05) is 64.5 Å². The smallest absolute Gasteiger partial charge is 0.323 e. The second-order valence-corrected chi connectivity index (χ2v) is 9.65. The predicted octanol–water partition coefficient (Wildman–Crippen LogP) is 3.42. The summed E-state index contributed by atoms with van der Waals surface area (Å²) >= 11 is 3.46. The minimum Gasteiger partial charge on any atom is -0.468 e. The van der Waals surface area contributed by atoms with Crippen molar-refractivity contribution >= 4 is 45.1 Å². The Morgan fingerprint density at radius 2 is 1.44 bits per heavy atom. The maximum Gasteiger partial charge on any atom is 0.323 e. The van der Waals surface area contributed by atoms with Crippen LogP contribution >= 0.6 is 15.9 Å². The van der Waals surface area contributed by atoms with Crippen molar-refractivity contribution in [3.05, 3.63) is 94.0 Å². The van der Waals surface area contributed by atoms with Crippen LogP contribution in [-0.4, -0.2) is 30.9 Å². The number of hydrogen-bond acceptors (Lipinski definition) is 5. The first-order valence-corrected chi connectivity index (χ1v) is 11.7. The van der Waals surface area contributed by atoms with E-state index in [9.17, 15) is 14.4 Å². The molecule has 2 amide bonds. The quantitative estimate of drug-likeness (QED) is 0.452. The van der Waals surface area contributed by atoms with Gasteiger partial charge in [0, 0.05) is 27.3 Å². The second kappa shape index (κ2) is 7.25. The summed E-state index contributed by atoms with van der Waals surface area (Å²) in [6.07, 6.45) is 0. The standard InChI is InChI=1S/C26H20BrN3O4/c1-34-22(31)21-20(14-10-12-15(27)13-11-14)25(16-6-2-4-8-18(16)28-23(25)32)26(30-21)17-7-3-5-9-19(17)29-24(26)33/h2-13,20-21,30H,1H3,(H,28,32)(H,29,33)/t20-,21+,25-,26-/m0/s1. The molecule has 0 radical (unpaired) electrons. The molecule has 0 aromatic heterocycles. The van der Waals surface area contributed by atoms with E-state index in [2.05, 4.69) is 31.9 Å². The highest BCUT2D eigenvalue weighted by molar-refractivity contribution is 9.10. The van der Waals surface area contributed by atoms with Crippen molar-refractivity contribution in [1.29, 1.82) is 0 Å². The summed E-state index contributed by atoms with van der Waals surface area (Å²) < 4.78 is 6.05. The third-order valence-electron chi connectivity index (χ3n) is 7.33. The van der Waals surface area contributed by atoms with Gasteiger partial charge in [0.1, 0.15) is 17.0 Å². The van der Waals surface area contributed by atoms with E-state index in [4.69, 9.17) is 4.74 Å². The molecular formula is C26H20BrN3O4. The van der Waals surface area contributed by atoms with Crippen LogP contribution < -0.4 is 16.0 Å². The molecule has 34 heavy (non-hydrogen) atoms. The van der Waals surface area contributed by atoms with E-state index in [-0.39, 0.29) is 11.8 Å². The highest BCUT2D eigenvalue weighted by Crippen LogP contribution is 2.64. The van der Waals surface area contributed by atoms with E-state index in [0.717, 1.165) is 10.0 Å². The zero-order valence-electron chi connectivity index (χ0n) is 18.1. The molecule has 2 spiro atoms. The molecule has 0 bridgehead atoms. The fourth-order valence-corrected chi connectivity index (χ4v) is 6.37. The number of carbonyl (C=O) groups is 3. The summed E-state index contributed by atoms with van der Waals surface area (Å²) in [6.45, 7) is 0. The van der Waals surface area contributed by atoms with Crippen LogP contribution in [-0.2, 0) is 30.1 Å². The van der Waals surface area contributed by atoms with Crippen molar-refractivity contribution in [2.24, 2.45) is 0 Å². The van der Waals surface area contributed by atoms with Crippen LogP contribution in [0, 0.1) is 0 Å². The number of amides is 2. The molecule has 7 nitrogen and oxygen atoms in total. The van der Waals surface area contributed by atoms with Crippen LogP contribution in [0.1, 0.15) is 22.6 Å². The van der Waals surface area contributed by atoms with Crippen molar-refractivity contribution < 1.29 is 19.1 Å². The van der Waals surface area contributed by atoms with Crippen LogP contribution in [0.2, 0.25) is 0 Å². The first-order chi connectivity index (χ1) is 16.4. The Kier molecular flexibility index (Phi) is 4.49. The lowest BCUT2D eigenvalue weighted by atomic mass is 9.57. The highest BCUT2D eigenvalue weighted by Gasteiger charge is 2.77. The van der Waals surface area contributed by atoms with Crippen molar-refractivity contribution in [3.8, 4) is 0 Å². The maximum absolute atomic E-state index is 14.2. The number of anilines is 2. The molecular weight excluding hydrogens is 498 g/mol. The van der Waals surface area contributed by atoms with Gasteiger partial charge < -0.3 is 15.4 Å². The predicted molar refractivity (Wildman–Crippen MR) is 129 cm³/mol. The van der Waals surface area contributed by atoms with Crippen LogP contribution in [0.4, 0.5) is 11.4 Å². The van der Waals surface area contributed by atoms with Gasteiger partial charge in [0.2, 0.25) is 5.91 Å². The maximum atomic E-state index is 14.2. The minimum absolute atomic E-state index is 0.340. The zero-order valence-corrected chi connectivity index (χ0v) is 19.7. The Bertz CT molecular complexity index is 1370. The molecule has 0 saturated carbocycles. The van der Waals surface area contributed by atoms with Crippen LogP contribution in [0.25, 0.3) is 0 Å². The van der Waals surface area contributed by atoms with E-state index >= 15 is 0 Å². The van der Waals surface area contributed by atoms with E-state index in [0.29, 0.717) is 22.5 Å². The van der Waals surface area contributed by atoms with E-state index in [1.54, 1.807) is 6.07 Å². The van der Waals surface area contributed by atoms with Gasteiger partial charge in [-0.05, 0) is 35.4 Å². The number of esters is 1. The molecule has 3 aliphatic heterocycles. The monoisotopic (exact) mass is 517 g/mol. The minimum atomic E-state index is -1.53. The number of fused-ring (bicyclic) bond motifs is 5. The molecule has 3 N–H and O–H groups in total. The Hall–Kier alpha value is -3.49. The molecule has 4 atom stereocenters. The number of halogens is 1. The Morgan fingerprint density at radius 1 is 0.853 bits per heavy atom. The van der Waals surface area contributed by atoms with Gasteiger partial charge in [0.15, 0.2) is 0 Å². The molecule has 170 valence electrons. The Labute approximate surface area is 204 Å². The lowest BCUT2D eigenvalue weighted by molar-refractivity contribution is -0.143. The molecule has 1 saturated heterocycles. The third-order valence-corrected chi connectivity index (χ3v) is 7.85. The van der Waals surface area contributed by atoms with E-state index in [1.807, 2.05) is 66.7 Å². The van der Waals surface area contributed by atoms with Gasteiger partial charge in [-0.25, -0.2) is 0 Å². The van der Waals surface area contributed by atoms with Gasteiger partial charge in [0.05, 0.1) is 7.11 Å². The van der Waals surface area contributed by atoms with E-state index in [1.165, 1.54) is 7.11 Å². The number of para-hydroxylation sites is 2. The fraction of sp³-hybridized carbons (Fsp3) is 0.192. The Morgan fingerprint density at radius 3 is 2.12 bits per heavy atom. The van der Waals surface area contributed by atoms with Gasteiger partial charge in [-0.3, -0.25) is 19.7 Å². The molecule has 3 aromatic rings. The van der Waals surface area contributed by atoms with Gasteiger partial charge >= 0.3 is 5.97 Å². The molecule has 0 unspecified atom stereocenters. The van der Waals surface area contributed by atoms with Gasteiger partial charge in [-0.2, -0.15) is 0 Å². The van der Waals surface area contributed by atoms with Gasteiger partial charge in [-0.15, -0.1) is 0 Å². The number of carbonyl (C=O) groups excluding carboxylic acids is 3. The molecule has 3 aromatic carbocycles. The average Bonchev–Trinajstić information content (AvgIpc) is 3.44. The summed E-state index contributed by atoms with van der Waals surface area (Å²) in [5.41, 5.74) is 0.283. The normalized spacial score (nSPS) is 28.5. The van der Waals surface area contributed by atoms with Crippen LogP contribution in [0.3, 0.4) is 0 Å². The van der Waals surface area contributed by atoms with Crippen molar-refractivity contribution in [2.45, 2.75) is 22.9 Å². The lowest BCUT2D eigenvalue weighted by Crippen LogP contribution is -2.60. The first kappa shape index (κ1) is 21.1. The summed E-state index contributed by atoms with van der Waals surface area (Å²) in [7, 11) is 1.31. The zero-order chi connectivity index (χ0) is 23.7. The molecule has 3 heterocycles. The average molecular weight is 518 g/mol. The SMILES string of the molecule is COC(=O)[C@@H]1N[C@@]2(C(=O)Nc3ccccc32)[C@]2(C(=O)Nc3ccccc32)[C@H]1c1ccc(Br)cc1. The number of benzene rings is 3.